The summed E-state index contributed by atoms with van der Waals surface area (Å²) < 4.78 is 15.4. The maximum Gasteiger partial charge on any atom is 0.360 e. The first-order valence-electron chi connectivity index (χ1n) is 8.17. The van der Waals surface area contributed by atoms with Crippen molar-refractivity contribution in [3.63, 3.8) is 0 Å². The number of esters is 1. The van der Waals surface area contributed by atoms with Crippen molar-refractivity contribution in [3.05, 3.63) is 71.7 Å². The number of carbonyl (C=O) groups excluding carboxylic acids is 2. The third-order valence-corrected chi connectivity index (χ3v) is 3.99. The minimum absolute atomic E-state index is 0.0162. The van der Waals surface area contributed by atoms with E-state index >= 15 is 0 Å². The van der Waals surface area contributed by atoms with Crippen LogP contribution in [0.25, 0.3) is 11.3 Å². The van der Waals surface area contributed by atoms with Gasteiger partial charge in [0.15, 0.2) is 17.8 Å². The first-order chi connectivity index (χ1) is 13.2. The standard InChI is InChI=1S/C20H18N2O5/c1-25-16-10-6-3-7-13(16)11-21-19(23)15-9-5-4-8-14(15)18-17(20(24)26-2)22-12-27-18/h3-10,12H,11H2,1-2H3,(H,21,23). The summed E-state index contributed by atoms with van der Waals surface area (Å²) in [7, 11) is 2.83. The van der Waals surface area contributed by atoms with E-state index in [0.29, 0.717) is 16.9 Å². The lowest BCUT2D eigenvalue weighted by Gasteiger charge is -2.11. The van der Waals surface area contributed by atoms with Gasteiger partial charge in [0.2, 0.25) is 0 Å². The summed E-state index contributed by atoms with van der Waals surface area (Å²) in [6.07, 6.45) is 1.14. The van der Waals surface area contributed by atoms with Gasteiger partial charge in [0.1, 0.15) is 5.75 Å². The largest absolute Gasteiger partial charge is 0.496 e. The third-order valence-electron chi connectivity index (χ3n) is 3.99. The summed E-state index contributed by atoms with van der Waals surface area (Å²) in [6, 6.07) is 14.2. The van der Waals surface area contributed by atoms with Crippen LogP contribution in [0.2, 0.25) is 0 Å². The Kier molecular flexibility index (Phi) is 5.51. The summed E-state index contributed by atoms with van der Waals surface area (Å²) in [5, 5.41) is 2.86. The number of benzene rings is 2. The summed E-state index contributed by atoms with van der Waals surface area (Å²) in [6.45, 7) is 0.289. The van der Waals surface area contributed by atoms with E-state index in [0.717, 1.165) is 12.0 Å². The molecule has 0 spiro atoms. The molecule has 0 aliphatic carbocycles. The molecule has 0 bridgehead atoms. The minimum atomic E-state index is -0.636. The van der Waals surface area contributed by atoms with Crippen LogP contribution in [0.1, 0.15) is 26.4 Å². The van der Waals surface area contributed by atoms with E-state index in [9.17, 15) is 9.59 Å². The minimum Gasteiger partial charge on any atom is -0.496 e. The van der Waals surface area contributed by atoms with Crippen molar-refractivity contribution < 1.29 is 23.5 Å². The maximum atomic E-state index is 12.8. The lowest BCUT2D eigenvalue weighted by Crippen LogP contribution is -2.23. The van der Waals surface area contributed by atoms with E-state index in [2.05, 4.69) is 10.3 Å². The number of para-hydroxylation sites is 1. The number of oxazole rings is 1. The van der Waals surface area contributed by atoms with Crippen LogP contribution in [0.3, 0.4) is 0 Å². The van der Waals surface area contributed by atoms with Crippen LogP contribution in [0, 0.1) is 0 Å². The summed E-state index contributed by atoms with van der Waals surface area (Å²) >= 11 is 0. The predicted octanol–water partition coefficient (Wildman–Crippen LogP) is 3.07. The fourth-order valence-corrected chi connectivity index (χ4v) is 2.68. The van der Waals surface area contributed by atoms with E-state index in [1.54, 1.807) is 31.4 Å². The maximum absolute atomic E-state index is 12.8. The van der Waals surface area contributed by atoms with Gasteiger partial charge < -0.3 is 19.2 Å². The monoisotopic (exact) mass is 366 g/mol. The van der Waals surface area contributed by atoms with Crippen LogP contribution in [0.15, 0.2) is 59.3 Å². The second kappa shape index (κ2) is 8.18. The molecule has 0 unspecified atom stereocenters. The van der Waals surface area contributed by atoms with Crippen LogP contribution < -0.4 is 10.1 Å². The molecule has 7 nitrogen and oxygen atoms in total. The quantitative estimate of drug-likeness (QED) is 0.674. The lowest BCUT2D eigenvalue weighted by molar-refractivity contribution is 0.0595. The smallest absolute Gasteiger partial charge is 0.360 e. The number of nitrogens with one attached hydrogen (secondary N) is 1. The zero-order valence-electron chi connectivity index (χ0n) is 14.9. The Morgan fingerprint density at radius 2 is 1.81 bits per heavy atom. The molecule has 0 saturated heterocycles. The molecule has 1 N–H and O–H groups in total. The zero-order valence-corrected chi connectivity index (χ0v) is 14.9. The number of ether oxygens (including phenoxy) is 2. The van der Waals surface area contributed by atoms with Crippen molar-refractivity contribution in [1.29, 1.82) is 0 Å². The molecule has 3 aromatic rings. The molecule has 0 radical (unpaired) electrons. The van der Waals surface area contributed by atoms with Crippen molar-refractivity contribution in [1.82, 2.24) is 10.3 Å². The first kappa shape index (κ1) is 18.2. The topological polar surface area (TPSA) is 90.7 Å². The van der Waals surface area contributed by atoms with Crippen LogP contribution >= 0.6 is 0 Å². The fourth-order valence-electron chi connectivity index (χ4n) is 2.68. The van der Waals surface area contributed by atoms with Crippen molar-refractivity contribution >= 4 is 11.9 Å². The molecule has 1 heterocycles. The molecule has 2 aromatic carbocycles. The average molecular weight is 366 g/mol. The van der Waals surface area contributed by atoms with Crippen molar-refractivity contribution in [2.45, 2.75) is 6.54 Å². The lowest BCUT2D eigenvalue weighted by atomic mass is 10.0. The van der Waals surface area contributed by atoms with E-state index < -0.39 is 5.97 Å². The molecule has 0 saturated carbocycles. The Balaban J connectivity index is 1.87. The number of hydrogen-bond acceptors (Lipinski definition) is 6. The number of methoxy groups -OCH3 is 2. The second-order valence-corrected chi connectivity index (χ2v) is 5.56. The van der Waals surface area contributed by atoms with Gasteiger partial charge in [-0.2, -0.15) is 0 Å². The molecule has 138 valence electrons. The normalized spacial score (nSPS) is 10.3. The summed E-state index contributed by atoms with van der Waals surface area (Å²) in [5.41, 5.74) is 1.67. The molecule has 1 aromatic heterocycles. The highest BCUT2D eigenvalue weighted by molar-refractivity contribution is 6.03. The molecule has 0 aliphatic rings. The first-order valence-corrected chi connectivity index (χ1v) is 8.17. The van der Waals surface area contributed by atoms with Gasteiger partial charge in [-0.25, -0.2) is 9.78 Å². The molecule has 0 atom stereocenters. The van der Waals surface area contributed by atoms with E-state index in [1.807, 2.05) is 24.3 Å². The van der Waals surface area contributed by atoms with Crippen LogP contribution in [0.5, 0.6) is 5.75 Å². The second-order valence-electron chi connectivity index (χ2n) is 5.56. The summed E-state index contributed by atoms with van der Waals surface area (Å²) in [4.78, 5) is 28.5. The highest BCUT2D eigenvalue weighted by Gasteiger charge is 2.23. The molecule has 0 aliphatic heterocycles. The molecule has 3 rings (SSSR count). The van der Waals surface area contributed by atoms with Gasteiger partial charge in [-0.3, -0.25) is 4.79 Å². The van der Waals surface area contributed by atoms with Gasteiger partial charge in [0.25, 0.3) is 5.91 Å². The Labute approximate surface area is 155 Å². The van der Waals surface area contributed by atoms with Gasteiger partial charge in [0.05, 0.1) is 19.8 Å². The van der Waals surface area contributed by atoms with Gasteiger partial charge in [0, 0.05) is 17.7 Å². The van der Waals surface area contributed by atoms with Crippen molar-refractivity contribution in [2.75, 3.05) is 14.2 Å². The number of nitrogens with zero attached hydrogens (tertiary/aromatic N) is 1. The number of rotatable bonds is 6. The molecular weight excluding hydrogens is 348 g/mol. The SMILES string of the molecule is COC(=O)c1ncoc1-c1ccccc1C(=O)NCc1ccccc1OC. The van der Waals surface area contributed by atoms with Gasteiger partial charge in [-0.1, -0.05) is 36.4 Å². The molecule has 1 amide bonds. The highest BCUT2D eigenvalue weighted by Crippen LogP contribution is 2.27. The van der Waals surface area contributed by atoms with Gasteiger partial charge in [-0.05, 0) is 12.1 Å². The number of hydrogen-bond donors (Lipinski definition) is 1. The van der Waals surface area contributed by atoms with E-state index in [-0.39, 0.29) is 23.9 Å². The van der Waals surface area contributed by atoms with Crippen LogP contribution in [-0.2, 0) is 11.3 Å². The predicted molar refractivity (Wildman–Crippen MR) is 97.4 cm³/mol. The third kappa shape index (κ3) is 3.82. The Bertz CT molecular complexity index is 964. The van der Waals surface area contributed by atoms with Crippen LogP contribution in [0.4, 0.5) is 0 Å². The zero-order chi connectivity index (χ0) is 19.2. The fraction of sp³-hybridized carbons (Fsp3) is 0.150. The number of aromatic nitrogens is 1. The van der Waals surface area contributed by atoms with Gasteiger partial charge >= 0.3 is 5.97 Å². The molecule has 7 heteroatoms. The van der Waals surface area contributed by atoms with Crippen LogP contribution in [-0.4, -0.2) is 31.1 Å². The number of amides is 1. The Hall–Kier alpha value is -3.61. The summed E-state index contributed by atoms with van der Waals surface area (Å²) in [5.74, 6) is -0.0779. The number of carbonyl (C=O) groups is 2. The molecule has 27 heavy (non-hydrogen) atoms. The van der Waals surface area contributed by atoms with Crippen molar-refractivity contribution in [2.24, 2.45) is 0 Å². The molecule has 0 fully saturated rings. The van der Waals surface area contributed by atoms with Crippen molar-refractivity contribution in [3.8, 4) is 17.1 Å². The van der Waals surface area contributed by atoms with Gasteiger partial charge in [-0.15, -0.1) is 0 Å². The Morgan fingerprint density at radius 1 is 1.07 bits per heavy atom. The van der Waals surface area contributed by atoms with E-state index in [4.69, 9.17) is 13.9 Å². The van der Waals surface area contributed by atoms with E-state index in [1.165, 1.54) is 7.11 Å². The highest BCUT2D eigenvalue weighted by atomic mass is 16.5. The molecular formula is C20H18N2O5. The average Bonchev–Trinajstić information content (AvgIpc) is 3.21. The Morgan fingerprint density at radius 3 is 2.59 bits per heavy atom.